The number of anilines is 1. The smallest absolute Gasteiger partial charge is 0.359 e. The fourth-order valence-corrected chi connectivity index (χ4v) is 1.21. The predicted molar refractivity (Wildman–Crippen MR) is 56.5 cm³/mol. The monoisotopic (exact) mass is 224 g/mol. The van der Waals surface area contributed by atoms with E-state index in [1.807, 2.05) is 0 Å². The van der Waals surface area contributed by atoms with Crippen molar-refractivity contribution in [2.75, 3.05) is 5.73 Å². The minimum atomic E-state index is -1.20. The largest absolute Gasteiger partial charge is 0.398 e. The minimum Gasteiger partial charge on any atom is -0.398 e. The van der Waals surface area contributed by atoms with Gasteiger partial charge in [-0.15, -0.1) is 0 Å². The Labute approximate surface area is 91.7 Å². The Kier molecular flexibility index (Phi) is 3.98. The Hall–Kier alpha value is -1.92. The van der Waals surface area contributed by atoms with E-state index in [-0.39, 0.29) is 12.2 Å². The molecule has 6 nitrogen and oxygen atoms in total. The molecule has 0 spiro atoms. The molecule has 0 aliphatic rings. The van der Waals surface area contributed by atoms with Crippen LogP contribution >= 0.6 is 0 Å². The third-order valence-corrected chi connectivity index (χ3v) is 2.06. The highest BCUT2D eigenvalue weighted by Gasteiger charge is 2.20. The van der Waals surface area contributed by atoms with Crippen molar-refractivity contribution >= 4 is 17.4 Å². The van der Waals surface area contributed by atoms with Crippen LogP contribution in [0.5, 0.6) is 0 Å². The van der Waals surface area contributed by atoms with Gasteiger partial charge in [0.1, 0.15) is 6.04 Å². The number of hydrogen-bond donors (Lipinski definition) is 3. The van der Waals surface area contributed by atoms with E-state index in [0.717, 1.165) is 0 Å². The van der Waals surface area contributed by atoms with Gasteiger partial charge in [0.25, 0.3) is 0 Å². The molecular weight excluding hydrogens is 212 g/mol. The molecule has 16 heavy (non-hydrogen) atoms. The SMILES string of the molecule is Nc1ccccc1C(=O)C[C@H](N)C(=O)OO. The van der Waals surface area contributed by atoms with Crippen molar-refractivity contribution in [1.82, 2.24) is 0 Å². The number of nitrogens with two attached hydrogens (primary N) is 2. The second-order valence-corrected chi connectivity index (χ2v) is 3.23. The van der Waals surface area contributed by atoms with Crippen LogP contribution in [0.25, 0.3) is 0 Å². The van der Waals surface area contributed by atoms with E-state index < -0.39 is 12.0 Å². The number of para-hydroxylation sites is 1. The molecule has 6 heteroatoms. The zero-order chi connectivity index (χ0) is 12.1. The molecule has 0 radical (unpaired) electrons. The van der Waals surface area contributed by atoms with Crippen LogP contribution < -0.4 is 11.5 Å². The summed E-state index contributed by atoms with van der Waals surface area (Å²) in [6.07, 6.45) is -0.270. The molecule has 5 N–H and O–H groups in total. The summed E-state index contributed by atoms with van der Waals surface area (Å²) in [7, 11) is 0. The van der Waals surface area contributed by atoms with Crippen LogP contribution in [0.15, 0.2) is 24.3 Å². The molecule has 1 aromatic rings. The quantitative estimate of drug-likeness (QED) is 0.291. The summed E-state index contributed by atoms with van der Waals surface area (Å²) in [6, 6.07) is 5.25. The van der Waals surface area contributed by atoms with Crippen LogP contribution in [0.1, 0.15) is 16.8 Å². The maximum absolute atomic E-state index is 11.6. The second kappa shape index (κ2) is 5.24. The van der Waals surface area contributed by atoms with Gasteiger partial charge in [0, 0.05) is 17.7 Å². The van der Waals surface area contributed by atoms with Crippen LogP contribution in [0.4, 0.5) is 5.69 Å². The highest BCUT2D eigenvalue weighted by atomic mass is 17.1. The average Bonchev–Trinajstić information content (AvgIpc) is 2.28. The van der Waals surface area contributed by atoms with Gasteiger partial charge >= 0.3 is 5.97 Å². The van der Waals surface area contributed by atoms with E-state index in [1.54, 1.807) is 18.2 Å². The molecular formula is C10H12N2O4. The topological polar surface area (TPSA) is 116 Å². The van der Waals surface area contributed by atoms with Crippen molar-refractivity contribution in [3.63, 3.8) is 0 Å². The summed E-state index contributed by atoms with van der Waals surface area (Å²) in [6.45, 7) is 0. The van der Waals surface area contributed by atoms with Crippen molar-refractivity contribution < 1.29 is 19.7 Å². The standard InChI is InChI=1S/C10H12N2O4/c11-7-4-2-1-3-6(7)9(13)5-8(12)10(14)16-15/h1-4,8,15H,5,11-12H2/t8-/m0/s1. The minimum absolute atomic E-state index is 0.270. The number of carbonyl (C=O) groups excluding carboxylic acids is 2. The van der Waals surface area contributed by atoms with Gasteiger partial charge in [0.05, 0.1) is 0 Å². The number of Topliss-reactive ketones (excluding diaryl/α,β-unsaturated/α-hetero) is 1. The average molecular weight is 224 g/mol. The number of nitrogen functional groups attached to an aromatic ring is 1. The van der Waals surface area contributed by atoms with Crippen molar-refractivity contribution in [3.8, 4) is 0 Å². The van der Waals surface area contributed by atoms with Gasteiger partial charge in [-0.2, -0.15) is 5.26 Å². The Morgan fingerprint density at radius 3 is 2.56 bits per heavy atom. The maximum Gasteiger partial charge on any atom is 0.359 e. The maximum atomic E-state index is 11.6. The number of benzene rings is 1. The first-order chi connectivity index (χ1) is 7.56. The first-order valence-corrected chi connectivity index (χ1v) is 4.54. The zero-order valence-corrected chi connectivity index (χ0v) is 8.42. The number of ketones is 1. The lowest BCUT2D eigenvalue weighted by Gasteiger charge is -2.08. The third-order valence-electron chi connectivity index (χ3n) is 2.06. The van der Waals surface area contributed by atoms with Crippen LogP contribution in [0, 0.1) is 0 Å². The van der Waals surface area contributed by atoms with Gasteiger partial charge in [-0.3, -0.25) is 9.68 Å². The Morgan fingerprint density at radius 2 is 2.00 bits per heavy atom. The molecule has 0 aliphatic carbocycles. The summed E-state index contributed by atoms with van der Waals surface area (Å²) in [5.41, 5.74) is 11.5. The van der Waals surface area contributed by atoms with Crippen LogP contribution in [0.2, 0.25) is 0 Å². The van der Waals surface area contributed by atoms with E-state index in [9.17, 15) is 9.59 Å². The lowest BCUT2D eigenvalue weighted by Crippen LogP contribution is -2.34. The summed E-state index contributed by atoms with van der Waals surface area (Å²) in [5, 5.41) is 8.08. The normalized spacial score (nSPS) is 11.9. The number of carbonyl (C=O) groups is 2. The van der Waals surface area contributed by atoms with Crippen molar-refractivity contribution in [2.45, 2.75) is 12.5 Å². The molecule has 0 saturated heterocycles. The van der Waals surface area contributed by atoms with Gasteiger partial charge in [-0.1, -0.05) is 12.1 Å². The molecule has 0 saturated carbocycles. The summed E-state index contributed by atoms with van der Waals surface area (Å²) < 4.78 is 0. The lowest BCUT2D eigenvalue weighted by atomic mass is 10.0. The predicted octanol–water partition coefficient (Wildman–Crippen LogP) is 0.185. The molecule has 0 fully saturated rings. The fraction of sp³-hybridized carbons (Fsp3) is 0.200. The summed E-state index contributed by atoms with van der Waals surface area (Å²) in [5.74, 6) is -1.43. The Bertz CT molecular complexity index is 406. The molecule has 0 amide bonds. The Balaban J connectivity index is 2.73. The molecule has 0 aromatic heterocycles. The molecule has 1 rings (SSSR count). The van der Waals surface area contributed by atoms with Gasteiger partial charge < -0.3 is 11.5 Å². The molecule has 0 bridgehead atoms. The van der Waals surface area contributed by atoms with Gasteiger partial charge in [0.15, 0.2) is 5.78 Å². The first-order valence-electron chi connectivity index (χ1n) is 4.54. The van der Waals surface area contributed by atoms with Gasteiger partial charge in [0.2, 0.25) is 0 Å². The van der Waals surface area contributed by atoms with E-state index in [0.29, 0.717) is 11.3 Å². The molecule has 0 unspecified atom stereocenters. The van der Waals surface area contributed by atoms with Gasteiger partial charge in [-0.05, 0) is 12.1 Å². The number of hydrogen-bond acceptors (Lipinski definition) is 6. The fourth-order valence-electron chi connectivity index (χ4n) is 1.21. The molecule has 0 aliphatic heterocycles. The Morgan fingerprint density at radius 1 is 1.38 bits per heavy atom. The van der Waals surface area contributed by atoms with Crippen molar-refractivity contribution in [3.05, 3.63) is 29.8 Å². The molecule has 0 heterocycles. The van der Waals surface area contributed by atoms with Crippen LogP contribution in [-0.4, -0.2) is 23.1 Å². The van der Waals surface area contributed by atoms with E-state index in [1.165, 1.54) is 6.07 Å². The molecule has 1 atom stereocenters. The summed E-state index contributed by atoms with van der Waals surface area (Å²) in [4.78, 5) is 25.9. The zero-order valence-electron chi connectivity index (χ0n) is 8.42. The van der Waals surface area contributed by atoms with Gasteiger partial charge in [-0.25, -0.2) is 4.79 Å². The van der Waals surface area contributed by atoms with Crippen LogP contribution in [0.3, 0.4) is 0 Å². The highest BCUT2D eigenvalue weighted by molar-refractivity contribution is 6.02. The van der Waals surface area contributed by atoms with Crippen LogP contribution in [-0.2, 0) is 9.68 Å². The third kappa shape index (κ3) is 2.78. The second-order valence-electron chi connectivity index (χ2n) is 3.23. The first kappa shape index (κ1) is 12.2. The molecule has 86 valence electrons. The van der Waals surface area contributed by atoms with Crippen molar-refractivity contribution in [2.24, 2.45) is 5.73 Å². The molecule has 1 aromatic carbocycles. The van der Waals surface area contributed by atoms with E-state index >= 15 is 0 Å². The van der Waals surface area contributed by atoms with E-state index in [2.05, 4.69) is 4.89 Å². The van der Waals surface area contributed by atoms with Crippen molar-refractivity contribution in [1.29, 1.82) is 0 Å². The highest BCUT2D eigenvalue weighted by Crippen LogP contribution is 2.13. The lowest BCUT2D eigenvalue weighted by molar-refractivity contribution is -0.235. The summed E-state index contributed by atoms with van der Waals surface area (Å²) >= 11 is 0. The number of rotatable bonds is 4. The van der Waals surface area contributed by atoms with E-state index in [4.69, 9.17) is 16.7 Å².